The van der Waals surface area contributed by atoms with Crippen molar-refractivity contribution in [3.8, 4) is 0 Å². The van der Waals surface area contributed by atoms with Crippen LogP contribution in [0.4, 0.5) is 0 Å². The molecule has 0 atom stereocenters. The molecule has 0 aliphatic heterocycles. The van der Waals surface area contributed by atoms with Gasteiger partial charge in [0.2, 0.25) is 0 Å². The van der Waals surface area contributed by atoms with E-state index in [1.54, 1.807) is 0 Å². The molecular formula is C6H8Mg. The van der Waals surface area contributed by atoms with Crippen molar-refractivity contribution in [1.82, 2.24) is 0 Å². The van der Waals surface area contributed by atoms with Crippen molar-refractivity contribution in [2.24, 2.45) is 0 Å². The fraction of sp³-hybridized carbons (Fsp3) is 0.167. The molecule has 0 spiro atoms. The first-order chi connectivity index (χ1) is 2.50. The Balaban J connectivity index is 0. The summed E-state index contributed by atoms with van der Waals surface area (Å²) in [6.45, 7) is 0. The topological polar surface area (TPSA) is 0 Å². The van der Waals surface area contributed by atoms with Gasteiger partial charge in [-0.15, -0.1) is 6.42 Å². The predicted octanol–water partition coefficient (Wildman–Crippen LogP) is 1.38. The van der Waals surface area contributed by atoms with Gasteiger partial charge < -0.3 is 7.43 Å². The standard InChI is InChI=1S/C5H5.CH3.Mg/c1-2-4-5-3-1;;/h1-3H,4H2;1H3;/q2*-1;+2. The van der Waals surface area contributed by atoms with E-state index in [0.717, 1.165) is 6.42 Å². The average Bonchev–Trinajstić information content (AvgIpc) is 1.76. The number of hydrogen-bond acceptors (Lipinski definition) is 0. The van der Waals surface area contributed by atoms with Gasteiger partial charge >= 0.3 is 23.1 Å². The fourth-order valence-corrected chi connectivity index (χ4v) is 0.340. The van der Waals surface area contributed by atoms with E-state index in [9.17, 15) is 0 Å². The maximum atomic E-state index is 2.99. The van der Waals surface area contributed by atoms with Crippen molar-refractivity contribution in [3.05, 3.63) is 31.7 Å². The van der Waals surface area contributed by atoms with Gasteiger partial charge in [-0.25, -0.2) is 12.2 Å². The van der Waals surface area contributed by atoms with Crippen LogP contribution in [0.15, 0.2) is 18.2 Å². The van der Waals surface area contributed by atoms with E-state index in [-0.39, 0.29) is 30.5 Å². The largest absolute Gasteiger partial charge is 2.00 e. The van der Waals surface area contributed by atoms with Crippen molar-refractivity contribution in [2.45, 2.75) is 6.42 Å². The molecule has 0 N–H and O–H groups in total. The summed E-state index contributed by atoms with van der Waals surface area (Å²) in [5.41, 5.74) is 0. The van der Waals surface area contributed by atoms with Crippen LogP contribution in [-0.4, -0.2) is 23.1 Å². The van der Waals surface area contributed by atoms with E-state index in [1.165, 1.54) is 0 Å². The van der Waals surface area contributed by atoms with E-state index in [1.807, 2.05) is 12.2 Å². The molecule has 0 heterocycles. The van der Waals surface area contributed by atoms with E-state index in [2.05, 4.69) is 12.2 Å². The summed E-state index contributed by atoms with van der Waals surface area (Å²) in [7, 11) is 0. The number of hydrogen-bond donors (Lipinski definition) is 0. The summed E-state index contributed by atoms with van der Waals surface area (Å²) in [6.07, 6.45) is 10.0. The van der Waals surface area contributed by atoms with E-state index in [0.29, 0.717) is 0 Å². The zero-order chi connectivity index (χ0) is 3.54. The monoisotopic (exact) mass is 104 g/mol. The van der Waals surface area contributed by atoms with Crippen molar-refractivity contribution in [1.29, 1.82) is 0 Å². The second-order valence-corrected chi connectivity index (χ2v) is 1.00. The van der Waals surface area contributed by atoms with Crippen LogP contribution in [0.2, 0.25) is 0 Å². The quantitative estimate of drug-likeness (QED) is 0.322. The van der Waals surface area contributed by atoms with Gasteiger partial charge in [-0.2, -0.15) is 6.08 Å². The van der Waals surface area contributed by atoms with Gasteiger partial charge in [-0.3, -0.25) is 6.08 Å². The maximum Gasteiger partial charge on any atom is 2.00 e. The zero-order valence-electron chi connectivity index (χ0n) is 4.65. The summed E-state index contributed by atoms with van der Waals surface area (Å²) < 4.78 is 0. The Bertz CT molecular complexity index is 62.2. The molecule has 0 aromatic carbocycles. The van der Waals surface area contributed by atoms with Crippen LogP contribution >= 0.6 is 0 Å². The molecule has 0 bridgehead atoms. The minimum absolute atomic E-state index is 0. The Hall–Kier alpha value is 0.246. The summed E-state index contributed by atoms with van der Waals surface area (Å²) in [6, 6.07) is 0. The molecule has 0 saturated heterocycles. The van der Waals surface area contributed by atoms with Gasteiger partial charge in [0.15, 0.2) is 0 Å². The normalized spacial score (nSPS) is 12.6. The van der Waals surface area contributed by atoms with Gasteiger partial charge in [-0.05, 0) is 0 Å². The molecule has 1 aliphatic rings. The molecule has 0 nitrogen and oxygen atoms in total. The van der Waals surface area contributed by atoms with Crippen LogP contribution in [0.5, 0.6) is 0 Å². The van der Waals surface area contributed by atoms with Crippen LogP contribution in [-0.2, 0) is 0 Å². The van der Waals surface area contributed by atoms with Gasteiger partial charge in [-0.1, -0.05) is 0 Å². The second-order valence-electron chi connectivity index (χ2n) is 1.00. The molecule has 34 valence electrons. The van der Waals surface area contributed by atoms with Crippen LogP contribution in [0.1, 0.15) is 6.42 Å². The third kappa shape index (κ3) is 4.09. The minimum atomic E-state index is 0. The van der Waals surface area contributed by atoms with Crippen LogP contribution < -0.4 is 0 Å². The van der Waals surface area contributed by atoms with Gasteiger partial charge in [0.1, 0.15) is 0 Å². The van der Waals surface area contributed by atoms with Gasteiger partial charge in [0, 0.05) is 0 Å². The first-order valence-electron chi connectivity index (χ1n) is 1.72. The number of rotatable bonds is 0. The third-order valence-corrected chi connectivity index (χ3v) is 0.586. The molecule has 1 heteroatoms. The summed E-state index contributed by atoms with van der Waals surface area (Å²) in [4.78, 5) is 0. The third-order valence-electron chi connectivity index (χ3n) is 0.586. The summed E-state index contributed by atoms with van der Waals surface area (Å²) in [5.74, 6) is 0. The Morgan fingerprint density at radius 3 is 2.29 bits per heavy atom. The molecule has 0 unspecified atom stereocenters. The first kappa shape index (κ1) is 10.3. The van der Waals surface area contributed by atoms with Crippen molar-refractivity contribution in [2.75, 3.05) is 0 Å². The zero-order valence-corrected chi connectivity index (χ0v) is 6.06. The van der Waals surface area contributed by atoms with Crippen molar-refractivity contribution >= 4 is 23.1 Å². The SMILES string of the molecule is [C-]1=CC=CC1.[CH3-].[Mg+2]. The Kier molecular flexibility index (Phi) is 9.17. The molecule has 1 aliphatic carbocycles. The van der Waals surface area contributed by atoms with E-state index >= 15 is 0 Å². The number of allylic oxidation sites excluding steroid dienone is 4. The fourth-order valence-electron chi connectivity index (χ4n) is 0.340. The van der Waals surface area contributed by atoms with E-state index < -0.39 is 0 Å². The Labute approximate surface area is 61.5 Å². The Morgan fingerprint density at radius 1 is 1.43 bits per heavy atom. The summed E-state index contributed by atoms with van der Waals surface area (Å²) in [5, 5.41) is 0. The van der Waals surface area contributed by atoms with Crippen LogP contribution in [0.25, 0.3) is 0 Å². The molecule has 0 aromatic heterocycles. The average molecular weight is 104 g/mol. The van der Waals surface area contributed by atoms with Crippen LogP contribution in [0.3, 0.4) is 0 Å². The minimum Gasteiger partial charge on any atom is -0.358 e. The van der Waals surface area contributed by atoms with Gasteiger partial charge in [0.25, 0.3) is 0 Å². The molecule has 7 heavy (non-hydrogen) atoms. The maximum absolute atomic E-state index is 2.99. The molecule has 0 amide bonds. The van der Waals surface area contributed by atoms with E-state index in [4.69, 9.17) is 0 Å². The molecule has 0 saturated carbocycles. The molecular weight excluding hydrogens is 96.4 g/mol. The smallest absolute Gasteiger partial charge is 0.358 e. The van der Waals surface area contributed by atoms with Crippen molar-refractivity contribution < 1.29 is 0 Å². The molecule has 0 fully saturated rings. The van der Waals surface area contributed by atoms with Gasteiger partial charge in [0.05, 0.1) is 0 Å². The molecule has 0 aromatic rings. The Morgan fingerprint density at radius 2 is 2.14 bits per heavy atom. The molecule has 0 radical (unpaired) electrons. The van der Waals surface area contributed by atoms with Crippen LogP contribution in [0, 0.1) is 13.5 Å². The second kappa shape index (κ2) is 6.25. The first-order valence-corrected chi connectivity index (χ1v) is 1.72. The predicted molar refractivity (Wildman–Crippen MR) is 33.7 cm³/mol. The summed E-state index contributed by atoms with van der Waals surface area (Å²) >= 11 is 0. The molecule has 1 rings (SSSR count). The van der Waals surface area contributed by atoms with Crippen molar-refractivity contribution in [3.63, 3.8) is 0 Å².